The average Bonchev–Trinajstić information content (AvgIpc) is 2.79. The predicted molar refractivity (Wildman–Crippen MR) is 128 cm³/mol. The first-order valence-electron chi connectivity index (χ1n) is 10.6. The van der Waals surface area contributed by atoms with Crippen LogP contribution in [0.2, 0.25) is 10.0 Å². The molecule has 0 fully saturated rings. The summed E-state index contributed by atoms with van der Waals surface area (Å²) < 4.78 is 11.8. The molecule has 0 radical (unpaired) electrons. The van der Waals surface area contributed by atoms with Gasteiger partial charge in [-0.1, -0.05) is 59.6 Å². The highest BCUT2D eigenvalue weighted by Crippen LogP contribution is 2.35. The van der Waals surface area contributed by atoms with E-state index in [2.05, 4.69) is 5.32 Å². The first kappa shape index (κ1) is 22.5. The lowest BCUT2D eigenvalue weighted by Gasteiger charge is -2.36. The van der Waals surface area contributed by atoms with Crippen molar-refractivity contribution in [3.8, 4) is 11.5 Å². The summed E-state index contributed by atoms with van der Waals surface area (Å²) in [7, 11) is 0. The van der Waals surface area contributed by atoms with Crippen molar-refractivity contribution in [1.29, 1.82) is 0 Å². The first-order chi connectivity index (χ1) is 15.3. The van der Waals surface area contributed by atoms with Crippen molar-refractivity contribution in [2.45, 2.75) is 37.8 Å². The average molecular weight is 470 g/mol. The topological polar surface area (TPSA) is 47.6 Å². The number of para-hydroxylation sites is 2. The number of hydrogen-bond donors (Lipinski definition) is 1. The molecule has 1 aliphatic rings. The van der Waals surface area contributed by atoms with Crippen LogP contribution >= 0.6 is 23.2 Å². The van der Waals surface area contributed by atoms with Gasteiger partial charge in [-0.25, -0.2) is 0 Å². The van der Waals surface area contributed by atoms with Gasteiger partial charge in [0.25, 0.3) is 5.91 Å². The van der Waals surface area contributed by atoms with Crippen molar-refractivity contribution in [3.63, 3.8) is 0 Å². The number of halogens is 2. The number of fused-ring (bicyclic) bond motifs is 1. The minimum atomic E-state index is -1.12. The van der Waals surface area contributed by atoms with Gasteiger partial charge in [-0.15, -0.1) is 0 Å². The summed E-state index contributed by atoms with van der Waals surface area (Å²) >= 11 is 12.2. The van der Waals surface area contributed by atoms with Gasteiger partial charge in [-0.05, 0) is 67.8 Å². The van der Waals surface area contributed by atoms with E-state index in [1.807, 2.05) is 73.7 Å². The van der Waals surface area contributed by atoms with Gasteiger partial charge in [0.1, 0.15) is 6.61 Å². The monoisotopic (exact) mass is 469 g/mol. The minimum absolute atomic E-state index is 0.0257. The fourth-order valence-electron chi connectivity index (χ4n) is 3.88. The van der Waals surface area contributed by atoms with Gasteiger partial charge in [0.2, 0.25) is 5.60 Å². The van der Waals surface area contributed by atoms with Gasteiger partial charge >= 0.3 is 0 Å². The van der Waals surface area contributed by atoms with Crippen molar-refractivity contribution in [2.75, 3.05) is 6.61 Å². The number of ether oxygens (including phenoxy) is 2. The Bertz CT molecular complexity index is 1080. The molecule has 0 spiro atoms. The lowest BCUT2D eigenvalue weighted by Crippen LogP contribution is -2.57. The van der Waals surface area contributed by atoms with E-state index in [-0.39, 0.29) is 24.5 Å². The van der Waals surface area contributed by atoms with E-state index >= 15 is 0 Å². The maximum atomic E-state index is 13.3. The van der Waals surface area contributed by atoms with Gasteiger partial charge in [0.15, 0.2) is 11.5 Å². The quantitative estimate of drug-likeness (QED) is 0.477. The number of benzene rings is 3. The molecule has 4 nitrogen and oxygen atoms in total. The summed E-state index contributed by atoms with van der Waals surface area (Å²) in [6.07, 6.45) is 0.733. The van der Waals surface area contributed by atoms with Crippen LogP contribution in [0.25, 0.3) is 0 Å². The molecular weight excluding hydrogens is 445 g/mol. The van der Waals surface area contributed by atoms with E-state index in [1.165, 1.54) is 0 Å². The number of hydrogen-bond acceptors (Lipinski definition) is 3. The van der Waals surface area contributed by atoms with Crippen LogP contribution < -0.4 is 14.8 Å². The second-order valence-corrected chi connectivity index (χ2v) is 9.19. The highest BCUT2D eigenvalue weighted by molar-refractivity contribution is 6.30. The summed E-state index contributed by atoms with van der Waals surface area (Å²) in [4.78, 5) is 13.3. The molecular formula is C26H25Cl2NO3. The Kier molecular flexibility index (Phi) is 6.63. The van der Waals surface area contributed by atoms with E-state index in [1.54, 1.807) is 13.0 Å². The molecule has 1 aliphatic heterocycles. The molecule has 6 heteroatoms. The van der Waals surface area contributed by atoms with Gasteiger partial charge in [-0.2, -0.15) is 0 Å². The Balaban J connectivity index is 1.54. The molecule has 1 heterocycles. The molecule has 0 aromatic heterocycles. The Morgan fingerprint density at radius 3 is 2.22 bits per heavy atom. The molecule has 0 aliphatic carbocycles. The van der Waals surface area contributed by atoms with E-state index in [4.69, 9.17) is 32.7 Å². The van der Waals surface area contributed by atoms with Crippen LogP contribution in [-0.2, 0) is 11.2 Å². The molecule has 0 saturated carbocycles. The predicted octanol–water partition coefficient (Wildman–Crippen LogP) is 6.05. The van der Waals surface area contributed by atoms with Gasteiger partial charge < -0.3 is 14.8 Å². The number of amides is 1. The van der Waals surface area contributed by atoms with Crippen LogP contribution in [-0.4, -0.2) is 24.2 Å². The summed E-state index contributed by atoms with van der Waals surface area (Å²) in [5.41, 5.74) is 1.11. The highest BCUT2D eigenvalue weighted by Gasteiger charge is 2.41. The van der Waals surface area contributed by atoms with Crippen molar-refractivity contribution >= 4 is 29.1 Å². The second kappa shape index (κ2) is 9.43. The van der Waals surface area contributed by atoms with E-state index < -0.39 is 5.60 Å². The van der Waals surface area contributed by atoms with E-state index in [9.17, 15) is 4.79 Å². The Hall–Kier alpha value is -2.69. The first-order valence-corrected chi connectivity index (χ1v) is 11.3. The largest absolute Gasteiger partial charge is 0.485 e. The number of carbonyl (C=O) groups is 1. The van der Waals surface area contributed by atoms with Crippen molar-refractivity contribution in [2.24, 2.45) is 0 Å². The molecule has 0 bridgehead atoms. The second-order valence-electron chi connectivity index (χ2n) is 8.32. The van der Waals surface area contributed by atoms with Crippen LogP contribution in [0, 0.1) is 0 Å². The summed E-state index contributed by atoms with van der Waals surface area (Å²) in [6.45, 7) is 3.90. The zero-order chi connectivity index (χ0) is 22.7. The van der Waals surface area contributed by atoms with Gasteiger partial charge in [-0.3, -0.25) is 4.79 Å². The highest BCUT2D eigenvalue weighted by atomic mass is 35.5. The minimum Gasteiger partial charge on any atom is -0.485 e. The van der Waals surface area contributed by atoms with Crippen LogP contribution in [0.5, 0.6) is 11.5 Å². The van der Waals surface area contributed by atoms with Crippen LogP contribution in [0.3, 0.4) is 0 Å². The molecule has 4 rings (SSSR count). The van der Waals surface area contributed by atoms with Gasteiger partial charge in [0.05, 0.1) is 0 Å². The molecule has 1 amide bonds. The molecule has 32 heavy (non-hydrogen) atoms. The molecule has 3 atom stereocenters. The number of nitrogens with one attached hydrogen (secondary N) is 1. The smallest absolute Gasteiger partial charge is 0.267 e. The molecule has 0 saturated heterocycles. The van der Waals surface area contributed by atoms with E-state index in [0.717, 1.165) is 17.5 Å². The number of rotatable bonds is 6. The Morgan fingerprint density at radius 2 is 1.56 bits per heavy atom. The molecule has 3 aromatic rings. The SMILES string of the molecule is CC(NC(=O)C1(C)COc2ccccc2O1)C(Cc1ccc(Cl)cc1)c1ccc(Cl)cc1. The third-order valence-corrected chi connectivity index (χ3v) is 6.30. The van der Waals surface area contributed by atoms with Crippen molar-refractivity contribution < 1.29 is 14.3 Å². The summed E-state index contributed by atoms with van der Waals surface area (Å²) in [5, 5.41) is 4.53. The molecule has 166 valence electrons. The van der Waals surface area contributed by atoms with Gasteiger partial charge in [0, 0.05) is 22.0 Å². The molecule has 1 N–H and O–H groups in total. The zero-order valence-corrected chi connectivity index (χ0v) is 19.5. The zero-order valence-electron chi connectivity index (χ0n) is 18.0. The summed E-state index contributed by atoms with van der Waals surface area (Å²) in [5.74, 6) is 1.03. The van der Waals surface area contributed by atoms with E-state index in [0.29, 0.717) is 21.5 Å². The Labute approximate surface area is 198 Å². The standard InChI is InChI=1S/C26H25Cl2NO3/c1-17(29-25(30)26(2)16-31-23-5-3-4-6-24(23)32-26)22(19-9-13-21(28)14-10-19)15-18-7-11-20(27)12-8-18/h3-14,17,22H,15-16H2,1-2H3,(H,29,30). The number of carbonyl (C=O) groups excluding carboxylic acids is 1. The maximum Gasteiger partial charge on any atom is 0.267 e. The van der Waals surface area contributed by atoms with Crippen LogP contribution in [0.4, 0.5) is 0 Å². The summed E-state index contributed by atoms with van der Waals surface area (Å²) in [6, 6.07) is 22.7. The fourth-order valence-corrected chi connectivity index (χ4v) is 4.13. The van der Waals surface area contributed by atoms with Crippen LogP contribution in [0.15, 0.2) is 72.8 Å². The Morgan fingerprint density at radius 1 is 0.969 bits per heavy atom. The third-order valence-electron chi connectivity index (χ3n) is 5.80. The van der Waals surface area contributed by atoms with Crippen LogP contribution in [0.1, 0.15) is 30.9 Å². The third kappa shape index (κ3) is 5.03. The van der Waals surface area contributed by atoms with Crippen molar-refractivity contribution in [1.82, 2.24) is 5.32 Å². The molecule has 3 unspecified atom stereocenters. The normalized spacial score (nSPS) is 19.1. The maximum absolute atomic E-state index is 13.3. The van der Waals surface area contributed by atoms with Crippen molar-refractivity contribution in [3.05, 3.63) is 94.0 Å². The lowest BCUT2D eigenvalue weighted by atomic mass is 9.86. The fraction of sp³-hybridized carbons (Fsp3) is 0.269. The lowest BCUT2D eigenvalue weighted by molar-refractivity contribution is -0.140. The molecule has 3 aromatic carbocycles.